The van der Waals surface area contributed by atoms with Gasteiger partial charge >= 0.3 is 0 Å². The van der Waals surface area contributed by atoms with Crippen LogP contribution in [0, 0.1) is 18.8 Å². The smallest absolute Gasteiger partial charge is 0.127 e. The standard InChI is InChI=1S/C16H18.2C13H12O2.C10H12O2.4C9H10O2.C8H16O.C4H10.C3H6O.4C3H8.4C2H6.2CH4/c1-3-13-5-9-15(10-6-13)16-11-7-14(4-2)8-12-16;1-2-6-12-10(4-1)5-3-7-13(12)15-9-11-8-14-11;1-2-4-11-7-12(6-5-10(11)3-1)14-8-13-9-15-13;1-8-2-4-9(5-3-8)11-6-10-7-12-10;4*1-2-4-8(5-3-1)10-6-9-7-11-9;1-7-5-3-4-6-8(7)9-2;1-4(2)3;1-3-2-4-3;4*1-3-2;4*1-2;;/h5-12H,3-4H2,1-2H3;1-7,11H,8-9H2;1-7,13H,8-9H2;2-5,10H,6-7H2,1H3;4*1-5,9H,6-7H2;7-8H,3-6H2,1-2H3;4H,1-3H3;3H,2H2,1H3;4*3H2,1-2H3;4*1-2H3;2*1H4. The fraction of sp³-hybridized carbons (Fsp3) is 0.504. The molecule has 0 N–H and O–H groups in total. The number of epoxide rings is 8. The lowest BCUT2D eigenvalue weighted by molar-refractivity contribution is 0.0310. The number of ether oxygens (including phenoxy) is 16. The first-order valence-electron chi connectivity index (χ1n) is 52.2. The summed E-state index contributed by atoms with van der Waals surface area (Å²) in [6.45, 7) is 62.0. The third-order valence-corrected chi connectivity index (χ3v) is 19.2. The predicted molar refractivity (Wildman–Crippen MR) is 599 cm³/mol. The molecule has 0 aromatic heterocycles. The molecule has 9 fully saturated rings. The maximum Gasteiger partial charge on any atom is 0.127 e. The number of hydrogen-bond acceptors (Lipinski definition) is 16. The van der Waals surface area contributed by atoms with Crippen molar-refractivity contribution < 1.29 is 75.8 Å². The van der Waals surface area contributed by atoms with Crippen molar-refractivity contribution in [2.24, 2.45) is 11.8 Å². The van der Waals surface area contributed by atoms with Gasteiger partial charge in [-0.05, 0) is 169 Å². The van der Waals surface area contributed by atoms with Gasteiger partial charge in [0.25, 0.3) is 0 Å². The Morgan fingerprint density at radius 3 is 0.823 bits per heavy atom. The Morgan fingerprint density at radius 2 is 0.539 bits per heavy atom. The second kappa shape index (κ2) is 86.8. The summed E-state index contributed by atoms with van der Waals surface area (Å²) in [4.78, 5) is 0. The number of para-hydroxylation sites is 4. The van der Waals surface area contributed by atoms with Gasteiger partial charge in [-0.2, -0.15) is 0 Å². The minimum absolute atomic E-state index is 0. The molecule has 8 heterocycles. The van der Waals surface area contributed by atoms with Gasteiger partial charge < -0.3 is 75.8 Å². The van der Waals surface area contributed by atoms with Gasteiger partial charge in [0, 0.05) is 12.5 Å². The van der Waals surface area contributed by atoms with Gasteiger partial charge in [-0.15, -0.1) is 0 Å². The number of fused-ring (bicyclic) bond motifs is 2. The molecule has 141 heavy (non-hydrogen) atoms. The molecule has 9 aliphatic rings. The van der Waals surface area contributed by atoms with Gasteiger partial charge in [0.05, 0.1) is 65.1 Å². The molecule has 11 aromatic rings. The van der Waals surface area contributed by atoms with Crippen LogP contribution >= 0.6 is 0 Å². The molecule has 8 aliphatic heterocycles. The van der Waals surface area contributed by atoms with Crippen molar-refractivity contribution in [1.29, 1.82) is 0 Å². The second-order valence-electron chi connectivity index (χ2n) is 33.8. The summed E-state index contributed by atoms with van der Waals surface area (Å²) in [7, 11) is 1.83. The van der Waals surface area contributed by atoms with Gasteiger partial charge in [-0.3, -0.25) is 0 Å². The largest absolute Gasteiger partial charge is 0.491 e. The van der Waals surface area contributed by atoms with Crippen LogP contribution in [0.5, 0.6) is 40.2 Å². The summed E-state index contributed by atoms with van der Waals surface area (Å²) in [5, 5.41) is 4.84. The highest BCUT2D eigenvalue weighted by atomic mass is 16.6. The van der Waals surface area contributed by atoms with E-state index in [0.29, 0.717) is 101 Å². The van der Waals surface area contributed by atoms with Crippen LogP contribution < -0.4 is 33.2 Å². The summed E-state index contributed by atoms with van der Waals surface area (Å²) < 4.78 is 83.7. The van der Waals surface area contributed by atoms with Gasteiger partial charge in [-0.1, -0.05) is 411 Å². The van der Waals surface area contributed by atoms with E-state index in [4.69, 9.17) is 75.8 Å². The van der Waals surface area contributed by atoms with E-state index in [0.717, 1.165) is 118 Å². The maximum atomic E-state index is 5.72. The van der Waals surface area contributed by atoms with E-state index < -0.39 is 0 Å². The summed E-state index contributed by atoms with van der Waals surface area (Å²) in [5.41, 5.74) is 6.66. The molecular weight excluding hydrogens is 1760 g/mol. The van der Waals surface area contributed by atoms with Crippen LogP contribution in [0.3, 0.4) is 0 Å². The monoisotopic (exact) mass is 1950 g/mol. The van der Waals surface area contributed by atoms with E-state index >= 15 is 0 Å². The molecule has 11 aromatic carbocycles. The van der Waals surface area contributed by atoms with Crippen molar-refractivity contribution in [3.05, 3.63) is 296 Å². The van der Waals surface area contributed by atoms with Crippen molar-refractivity contribution >= 4 is 21.5 Å². The van der Waals surface area contributed by atoms with Crippen molar-refractivity contribution in [2.75, 3.05) is 106 Å². The molecule has 20 rings (SSSR count). The first-order chi connectivity index (χ1) is 67.9. The number of rotatable bonds is 25. The summed E-state index contributed by atoms with van der Waals surface area (Å²) >= 11 is 0. The Kier molecular flexibility index (Phi) is 80.8. The van der Waals surface area contributed by atoms with Crippen LogP contribution in [0.4, 0.5) is 0 Å². The highest BCUT2D eigenvalue weighted by Crippen LogP contribution is 2.29. The zero-order valence-electron chi connectivity index (χ0n) is 90.1. The molecule has 0 amide bonds. The van der Waals surface area contributed by atoms with E-state index in [1.807, 2.05) is 251 Å². The predicted octanol–water partition coefficient (Wildman–Crippen LogP) is 32.7. The number of benzene rings is 11. The van der Waals surface area contributed by atoms with Crippen molar-refractivity contribution in [3.63, 3.8) is 0 Å². The molecule has 1 saturated carbocycles. The minimum atomic E-state index is 0. The molecule has 786 valence electrons. The Bertz CT molecular complexity index is 4260. The Balaban J connectivity index is 0.00000151. The molecule has 0 bridgehead atoms. The number of aryl methyl sites for hydroxylation is 3. The average Bonchev–Trinajstić information content (AvgIpc) is 1.75. The maximum absolute atomic E-state index is 5.72. The molecule has 1 aliphatic carbocycles. The molecule has 10 atom stereocenters. The third kappa shape index (κ3) is 71.3. The second-order valence-corrected chi connectivity index (χ2v) is 33.8. The molecule has 8 saturated heterocycles. The topological polar surface area (TPSA) is 174 Å². The normalized spacial score (nSPS) is 18.0. The highest BCUT2D eigenvalue weighted by Gasteiger charge is 2.28. The number of methoxy groups -OCH3 is 1. The molecule has 0 spiro atoms. The first kappa shape index (κ1) is 131. The molecular formula is C125H190O16. The van der Waals surface area contributed by atoms with E-state index in [2.05, 4.69) is 202 Å². The first-order valence-corrected chi connectivity index (χ1v) is 52.2. The van der Waals surface area contributed by atoms with Crippen LogP contribution in [0.2, 0.25) is 0 Å². The Morgan fingerprint density at radius 1 is 0.284 bits per heavy atom. The van der Waals surface area contributed by atoms with E-state index in [1.54, 1.807) is 0 Å². The van der Waals surface area contributed by atoms with Crippen molar-refractivity contribution in [3.8, 4) is 51.4 Å². The van der Waals surface area contributed by atoms with Crippen LogP contribution in [-0.4, -0.2) is 161 Å². The minimum Gasteiger partial charge on any atom is -0.491 e. The quantitative estimate of drug-likeness (QED) is 0.0494. The van der Waals surface area contributed by atoms with Crippen LogP contribution in [0.25, 0.3) is 32.7 Å². The van der Waals surface area contributed by atoms with Gasteiger partial charge in [0.2, 0.25) is 0 Å². The summed E-state index contributed by atoms with van der Waals surface area (Å²) in [6.07, 6.45) is 16.1. The van der Waals surface area contributed by atoms with Crippen LogP contribution in [0.15, 0.2) is 279 Å². The lowest BCUT2D eigenvalue weighted by Gasteiger charge is -2.26. The SMILES string of the molecule is C.C.CC.CC.CC.CC.CC(C)C.CC1CO1.CCC.CCC.CCC.CCC.CCc1ccc(-c2ccc(CC)cc2)cc1.COC1CCCCC1C.Cc1ccc(OCC2CO2)cc1.c1ccc(OCC2CO2)cc1.c1ccc(OCC2CO2)cc1.c1ccc(OCC2CO2)cc1.c1ccc(OCC2CO2)cc1.c1ccc2c(OCC3CO3)cccc2c1.c1ccc2cc(OCC3CO3)ccc2c1. The third-order valence-electron chi connectivity index (χ3n) is 19.2. The van der Waals surface area contributed by atoms with E-state index in [-0.39, 0.29) is 14.9 Å². The fourth-order valence-corrected chi connectivity index (χ4v) is 11.3. The molecule has 16 heteroatoms. The van der Waals surface area contributed by atoms with Crippen LogP contribution in [0.1, 0.15) is 242 Å². The van der Waals surface area contributed by atoms with Crippen molar-refractivity contribution in [2.45, 2.75) is 300 Å². The summed E-state index contributed by atoms with van der Waals surface area (Å²) in [6, 6.07) is 93.7. The van der Waals surface area contributed by atoms with Gasteiger partial charge in [0.1, 0.15) is 129 Å². The zero-order chi connectivity index (χ0) is 102. The van der Waals surface area contributed by atoms with Gasteiger partial charge in [-0.25, -0.2) is 0 Å². The molecule has 0 radical (unpaired) electrons. The lowest BCUT2D eigenvalue weighted by atomic mass is 9.88. The average molecular weight is 1950 g/mol. The Hall–Kier alpha value is -9.82. The van der Waals surface area contributed by atoms with Gasteiger partial charge in [0.15, 0.2) is 0 Å². The zero-order valence-corrected chi connectivity index (χ0v) is 90.1. The molecule has 16 nitrogen and oxygen atoms in total. The van der Waals surface area contributed by atoms with E-state index in [1.165, 1.54) is 101 Å². The molecule has 10 unspecified atom stereocenters. The number of hydrogen-bond donors (Lipinski definition) is 0. The van der Waals surface area contributed by atoms with Crippen molar-refractivity contribution in [1.82, 2.24) is 0 Å². The van der Waals surface area contributed by atoms with E-state index in [9.17, 15) is 0 Å². The lowest BCUT2D eigenvalue weighted by Crippen LogP contribution is -2.23. The highest BCUT2D eigenvalue weighted by molar-refractivity contribution is 5.88. The Labute approximate surface area is 857 Å². The van der Waals surface area contributed by atoms with Crippen LogP contribution in [-0.2, 0) is 55.5 Å². The summed E-state index contributed by atoms with van der Waals surface area (Å²) in [5.74, 6) is 8.10. The fourth-order valence-electron chi connectivity index (χ4n) is 11.3.